The lowest BCUT2D eigenvalue weighted by Gasteiger charge is -2.26. The molecule has 1 saturated heterocycles. The number of amides is 1. The van der Waals surface area contributed by atoms with Gasteiger partial charge in [0.25, 0.3) is 5.91 Å². The van der Waals surface area contributed by atoms with Gasteiger partial charge in [0.2, 0.25) is 0 Å². The monoisotopic (exact) mass is 303 g/mol. The highest BCUT2D eigenvalue weighted by Gasteiger charge is 2.21. The van der Waals surface area contributed by atoms with Gasteiger partial charge < -0.3 is 0 Å². The maximum atomic E-state index is 12.0. The Morgan fingerprint density at radius 3 is 2.88 bits per heavy atom. The first-order valence-electron chi connectivity index (χ1n) is 5.08. The van der Waals surface area contributed by atoms with Crippen molar-refractivity contribution in [3.8, 4) is 0 Å². The Kier molecular flexibility index (Phi) is 3.84. The van der Waals surface area contributed by atoms with E-state index in [0.717, 1.165) is 17.3 Å². The van der Waals surface area contributed by atoms with E-state index >= 15 is 0 Å². The van der Waals surface area contributed by atoms with Gasteiger partial charge >= 0.3 is 0 Å². The van der Waals surface area contributed by atoms with Crippen molar-refractivity contribution in [3.63, 3.8) is 0 Å². The first-order chi connectivity index (χ1) is 7.68. The Hall–Kier alpha value is -0.580. The fraction of sp³-hybridized carbons (Fsp3) is 0.364. The number of hydrogen-bond acceptors (Lipinski definition) is 2. The van der Waals surface area contributed by atoms with Crippen LogP contribution in [0.4, 0.5) is 0 Å². The first-order valence-corrected chi connectivity index (χ1v) is 6.25. The molecule has 0 spiro atoms. The van der Waals surface area contributed by atoms with Gasteiger partial charge in [-0.1, -0.05) is 27.5 Å². The van der Waals surface area contributed by atoms with Crippen molar-refractivity contribution < 1.29 is 9.63 Å². The average Bonchev–Trinajstić information content (AvgIpc) is 2.29. The number of benzene rings is 1. The number of nitrogens with zero attached hydrogens (tertiary/aromatic N) is 1. The van der Waals surface area contributed by atoms with Crippen molar-refractivity contribution >= 4 is 33.4 Å². The van der Waals surface area contributed by atoms with E-state index in [4.69, 9.17) is 16.4 Å². The normalized spacial score (nSPS) is 16.2. The second-order valence-electron chi connectivity index (χ2n) is 3.57. The van der Waals surface area contributed by atoms with Gasteiger partial charge in [0.05, 0.1) is 17.2 Å². The smallest absolute Gasteiger partial charge is 0.271 e. The molecule has 1 aliphatic heterocycles. The molecular formula is C11H11BrClNO2. The number of rotatable bonds is 1. The lowest BCUT2D eigenvalue weighted by atomic mass is 10.2. The van der Waals surface area contributed by atoms with Gasteiger partial charge in [-0.2, -0.15) is 0 Å². The lowest BCUT2D eigenvalue weighted by Crippen LogP contribution is -2.35. The molecule has 3 nitrogen and oxygen atoms in total. The summed E-state index contributed by atoms with van der Waals surface area (Å²) < 4.78 is 0.855. The summed E-state index contributed by atoms with van der Waals surface area (Å²) in [5, 5.41) is 1.83. The molecule has 0 aromatic heterocycles. The second kappa shape index (κ2) is 5.17. The van der Waals surface area contributed by atoms with Crippen molar-refractivity contribution in [3.05, 3.63) is 33.3 Å². The third-order valence-electron chi connectivity index (χ3n) is 2.39. The fourth-order valence-electron chi connectivity index (χ4n) is 1.55. The third-order valence-corrected chi connectivity index (χ3v) is 3.20. The Morgan fingerprint density at radius 2 is 2.25 bits per heavy atom. The summed E-state index contributed by atoms with van der Waals surface area (Å²) in [6.07, 6.45) is 1.97. The zero-order chi connectivity index (χ0) is 11.5. The van der Waals surface area contributed by atoms with Gasteiger partial charge in [-0.05, 0) is 31.0 Å². The number of hydrogen-bond donors (Lipinski definition) is 0. The van der Waals surface area contributed by atoms with Crippen molar-refractivity contribution in [2.24, 2.45) is 0 Å². The van der Waals surface area contributed by atoms with E-state index in [0.29, 0.717) is 23.7 Å². The highest BCUT2D eigenvalue weighted by atomic mass is 79.9. The van der Waals surface area contributed by atoms with Gasteiger partial charge in [0, 0.05) is 11.0 Å². The summed E-state index contributed by atoms with van der Waals surface area (Å²) in [6, 6.07) is 5.20. The molecule has 0 radical (unpaired) electrons. The van der Waals surface area contributed by atoms with Crippen LogP contribution in [0, 0.1) is 0 Å². The largest absolute Gasteiger partial charge is 0.278 e. The fourth-order valence-corrected chi connectivity index (χ4v) is 2.31. The Morgan fingerprint density at radius 1 is 1.44 bits per heavy atom. The first kappa shape index (κ1) is 11.9. The standard InChI is InChI=1S/C11H11BrClNO2/c12-8-3-4-9(10(13)7-8)11(15)14-5-1-2-6-16-14/h3-4,7H,1-2,5-6H2. The Bertz CT molecular complexity index is 405. The van der Waals surface area contributed by atoms with E-state index in [2.05, 4.69) is 15.9 Å². The highest BCUT2D eigenvalue weighted by Crippen LogP contribution is 2.23. The quantitative estimate of drug-likeness (QED) is 0.797. The zero-order valence-corrected chi connectivity index (χ0v) is 10.9. The van der Waals surface area contributed by atoms with Crippen LogP contribution in [0.2, 0.25) is 5.02 Å². The minimum absolute atomic E-state index is 0.169. The molecule has 0 unspecified atom stereocenters. The minimum atomic E-state index is -0.169. The maximum absolute atomic E-state index is 12.0. The predicted octanol–water partition coefficient (Wildman–Crippen LogP) is 3.27. The number of carbonyl (C=O) groups excluding carboxylic acids is 1. The molecule has 1 fully saturated rings. The number of carbonyl (C=O) groups is 1. The molecule has 0 saturated carbocycles. The van der Waals surface area contributed by atoms with Crippen LogP contribution in [-0.4, -0.2) is 24.1 Å². The van der Waals surface area contributed by atoms with Crippen molar-refractivity contribution in [1.82, 2.24) is 5.06 Å². The summed E-state index contributed by atoms with van der Waals surface area (Å²) in [4.78, 5) is 17.3. The zero-order valence-electron chi connectivity index (χ0n) is 8.58. The topological polar surface area (TPSA) is 29.5 Å². The predicted molar refractivity (Wildman–Crippen MR) is 65.4 cm³/mol. The molecular weight excluding hydrogens is 293 g/mol. The van der Waals surface area contributed by atoms with E-state index in [1.807, 2.05) is 0 Å². The van der Waals surface area contributed by atoms with Crippen LogP contribution < -0.4 is 0 Å². The summed E-state index contributed by atoms with van der Waals surface area (Å²) in [5.74, 6) is -0.169. The summed E-state index contributed by atoms with van der Waals surface area (Å²) in [7, 11) is 0. The van der Waals surface area contributed by atoms with E-state index in [-0.39, 0.29) is 5.91 Å². The molecule has 0 N–H and O–H groups in total. The molecule has 1 aliphatic rings. The van der Waals surface area contributed by atoms with Crippen molar-refractivity contribution in [1.29, 1.82) is 0 Å². The number of hydroxylamine groups is 2. The van der Waals surface area contributed by atoms with Gasteiger partial charge in [-0.15, -0.1) is 0 Å². The summed E-state index contributed by atoms with van der Waals surface area (Å²) in [5.41, 5.74) is 0.478. The maximum Gasteiger partial charge on any atom is 0.278 e. The number of halogens is 2. The average molecular weight is 305 g/mol. The molecule has 1 aromatic carbocycles. The van der Waals surface area contributed by atoms with Crippen LogP contribution in [0.15, 0.2) is 22.7 Å². The molecule has 0 bridgehead atoms. The van der Waals surface area contributed by atoms with Gasteiger partial charge in [0.1, 0.15) is 0 Å². The lowest BCUT2D eigenvalue weighted by molar-refractivity contribution is -0.144. The second-order valence-corrected chi connectivity index (χ2v) is 4.89. The molecule has 5 heteroatoms. The van der Waals surface area contributed by atoms with Crippen LogP contribution in [0.3, 0.4) is 0 Å². The molecule has 0 atom stereocenters. The van der Waals surface area contributed by atoms with Crippen molar-refractivity contribution in [2.75, 3.05) is 13.2 Å². The van der Waals surface area contributed by atoms with E-state index in [1.54, 1.807) is 18.2 Å². The van der Waals surface area contributed by atoms with E-state index in [1.165, 1.54) is 5.06 Å². The Labute approximate surface area is 107 Å². The molecule has 2 rings (SSSR count). The van der Waals surface area contributed by atoms with Crippen LogP contribution in [-0.2, 0) is 4.84 Å². The minimum Gasteiger partial charge on any atom is -0.271 e. The van der Waals surface area contributed by atoms with Crippen molar-refractivity contribution in [2.45, 2.75) is 12.8 Å². The van der Waals surface area contributed by atoms with Crippen LogP contribution in [0.1, 0.15) is 23.2 Å². The highest BCUT2D eigenvalue weighted by molar-refractivity contribution is 9.10. The molecule has 16 heavy (non-hydrogen) atoms. The van der Waals surface area contributed by atoms with Crippen LogP contribution in [0.5, 0.6) is 0 Å². The molecule has 1 amide bonds. The molecule has 0 aliphatic carbocycles. The van der Waals surface area contributed by atoms with E-state index < -0.39 is 0 Å². The van der Waals surface area contributed by atoms with Gasteiger partial charge in [-0.3, -0.25) is 9.63 Å². The Balaban J connectivity index is 2.19. The van der Waals surface area contributed by atoms with Gasteiger partial charge in [-0.25, -0.2) is 5.06 Å². The molecule has 1 aromatic rings. The summed E-state index contributed by atoms with van der Waals surface area (Å²) >= 11 is 9.31. The van der Waals surface area contributed by atoms with E-state index in [9.17, 15) is 4.79 Å². The van der Waals surface area contributed by atoms with Crippen LogP contribution >= 0.6 is 27.5 Å². The van der Waals surface area contributed by atoms with Gasteiger partial charge in [0.15, 0.2) is 0 Å². The summed E-state index contributed by atoms with van der Waals surface area (Å²) in [6.45, 7) is 1.23. The SMILES string of the molecule is O=C(c1ccc(Br)cc1Cl)N1CCCCO1. The molecule has 86 valence electrons. The third kappa shape index (κ3) is 2.56. The van der Waals surface area contributed by atoms with Crippen LogP contribution in [0.25, 0.3) is 0 Å². The molecule has 1 heterocycles.